The van der Waals surface area contributed by atoms with Gasteiger partial charge in [-0.1, -0.05) is 18.2 Å². The molecule has 0 spiro atoms. The number of hydrazine groups is 1. The zero-order valence-corrected chi connectivity index (χ0v) is 6.53. The Kier molecular flexibility index (Phi) is 1.63. The van der Waals surface area contributed by atoms with Crippen LogP contribution in [-0.2, 0) is 4.79 Å². The minimum atomic E-state index is 0.0715. The van der Waals surface area contributed by atoms with E-state index in [1.54, 1.807) is 4.68 Å². The normalized spacial score (nSPS) is 18.7. The maximum Gasteiger partial charge on any atom is 0.342 e. The Morgan fingerprint density at radius 2 is 2.00 bits per heavy atom. The molecular weight excluding hydrogens is 152 g/mol. The molecule has 1 saturated heterocycles. The summed E-state index contributed by atoms with van der Waals surface area (Å²) in [6.45, 7) is 0.467. The van der Waals surface area contributed by atoms with Gasteiger partial charge in [0, 0.05) is 5.56 Å². The van der Waals surface area contributed by atoms with Crippen LogP contribution in [0.2, 0.25) is 0 Å². The van der Waals surface area contributed by atoms with Crippen LogP contribution < -0.4 is 5.43 Å². The zero-order valence-electron chi connectivity index (χ0n) is 6.53. The lowest BCUT2D eigenvalue weighted by molar-refractivity contribution is -0.598. The summed E-state index contributed by atoms with van der Waals surface area (Å²) in [4.78, 5) is 10.5. The highest BCUT2D eigenvalue weighted by molar-refractivity contribution is 5.83. The number of amides is 1. The fourth-order valence-corrected chi connectivity index (χ4v) is 1.10. The summed E-state index contributed by atoms with van der Waals surface area (Å²) in [5.41, 5.74) is 3.72. The fourth-order valence-electron chi connectivity index (χ4n) is 1.10. The topological polar surface area (TPSA) is 32.1 Å². The SMILES string of the molecule is O=C1C/[N+](=C/c2ccccc2)N1. The standard InChI is InChI=1S/C9H8N2O/c12-9-7-11(10-9)6-8-4-2-1-3-5-8/h1-6H,7H2/p+1/b11-6-. The number of hydrogen-bond donors (Lipinski definition) is 1. The van der Waals surface area contributed by atoms with Crippen molar-refractivity contribution in [2.45, 2.75) is 0 Å². The van der Waals surface area contributed by atoms with Crippen molar-refractivity contribution in [1.29, 1.82) is 0 Å². The number of rotatable bonds is 1. The first kappa shape index (κ1) is 7.03. The van der Waals surface area contributed by atoms with Gasteiger partial charge in [-0.3, -0.25) is 4.79 Å². The van der Waals surface area contributed by atoms with Gasteiger partial charge >= 0.3 is 5.91 Å². The molecule has 1 heterocycles. The second-order valence-corrected chi connectivity index (χ2v) is 2.70. The van der Waals surface area contributed by atoms with Gasteiger partial charge < -0.3 is 0 Å². The number of nitrogens with one attached hydrogen (secondary N) is 1. The molecule has 1 amide bonds. The Labute approximate surface area is 70.3 Å². The third-order valence-electron chi connectivity index (χ3n) is 1.69. The van der Waals surface area contributed by atoms with Gasteiger partial charge in [-0.15, -0.1) is 10.1 Å². The Morgan fingerprint density at radius 1 is 1.33 bits per heavy atom. The Balaban J connectivity index is 2.14. The first-order chi connectivity index (χ1) is 5.84. The van der Waals surface area contributed by atoms with Crippen molar-refractivity contribution in [3.63, 3.8) is 0 Å². The van der Waals surface area contributed by atoms with Crippen molar-refractivity contribution in [2.75, 3.05) is 6.54 Å². The lowest BCUT2D eigenvalue weighted by Crippen LogP contribution is -2.52. The van der Waals surface area contributed by atoms with Crippen LogP contribution in [0.25, 0.3) is 0 Å². The van der Waals surface area contributed by atoms with Crippen LogP contribution in [0.4, 0.5) is 0 Å². The molecule has 0 aromatic heterocycles. The molecule has 3 heteroatoms. The molecule has 0 aliphatic carbocycles. The Bertz CT molecular complexity index is 320. The van der Waals surface area contributed by atoms with Crippen molar-refractivity contribution in [3.05, 3.63) is 35.9 Å². The first-order valence-electron chi connectivity index (χ1n) is 3.81. The third kappa shape index (κ3) is 1.34. The fraction of sp³-hybridized carbons (Fsp3) is 0.111. The monoisotopic (exact) mass is 161 g/mol. The summed E-state index contributed by atoms with van der Waals surface area (Å²) in [6, 6.07) is 9.88. The minimum Gasteiger partial charge on any atom is -0.262 e. The molecule has 0 saturated carbocycles. The van der Waals surface area contributed by atoms with Crippen LogP contribution in [0.3, 0.4) is 0 Å². The summed E-state index contributed by atoms with van der Waals surface area (Å²) in [5.74, 6) is 0.0715. The van der Waals surface area contributed by atoms with Crippen LogP contribution >= 0.6 is 0 Å². The van der Waals surface area contributed by atoms with E-state index in [0.29, 0.717) is 6.54 Å². The van der Waals surface area contributed by atoms with Crippen LogP contribution in [-0.4, -0.2) is 23.4 Å². The van der Waals surface area contributed by atoms with Crippen LogP contribution in [0, 0.1) is 0 Å². The van der Waals surface area contributed by atoms with Crippen molar-refractivity contribution < 1.29 is 9.48 Å². The van der Waals surface area contributed by atoms with E-state index in [1.807, 2.05) is 36.5 Å². The molecule has 60 valence electrons. The second-order valence-electron chi connectivity index (χ2n) is 2.70. The van der Waals surface area contributed by atoms with Crippen LogP contribution in [0.1, 0.15) is 5.56 Å². The lowest BCUT2D eigenvalue weighted by Gasteiger charge is -2.09. The molecule has 0 bridgehead atoms. The van der Waals surface area contributed by atoms with Crippen molar-refractivity contribution in [2.24, 2.45) is 0 Å². The predicted molar refractivity (Wildman–Crippen MR) is 44.9 cm³/mol. The van der Waals surface area contributed by atoms with E-state index in [1.165, 1.54) is 0 Å². The van der Waals surface area contributed by atoms with Crippen LogP contribution in [0.5, 0.6) is 0 Å². The van der Waals surface area contributed by atoms with Gasteiger partial charge in [-0.2, -0.15) is 0 Å². The number of hydrazone groups is 1. The Hall–Kier alpha value is -1.64. The van der Waals surface area contributed by atoms with Gasteiger partial charge in [0.25, 0.3) is 6.54 Å². The second kappa shape index (κ2) is 2.77. The molecule has 1 fully saturated rings. The number of nitrogens with zero attached hydrogens (tertiary/aromatic N) is 1. The molecule has 3 nitrogen and oxygen atoms in total. The molecule has 1 aliphatic rings. The molecule has 2 rings (SSSR count). The van der Waals surface area contributed by atoms with E-state index in [0.717, 1.165) is 5.56 Å². The highest BCUT2D eigenvalue weighted by Crippen LogP contribution is 1.95. The number of carbonyl (C=O) groups excluding carboxylic acids is 1. The summed E-state index contributed by atoms with van der Waals surface area (Å²) in [5, 5.41) is 0. The average molecular weight is 161 g/mol. The Morgan fingerprint density at radius 3 is 2.58 bits per heavy atom. The number of hydrogen-bond acceptors (Lipinski definition) is 1. The van der Waals surface area contributed by atoms with E-state index in [2.05, 4.69) is 5.43 Å². The quantitative estimate of drug-likeness (QED) is 0.585. The van der Waals surface area contributed by atoms with Gasteiger partial charge in [0.1, 0.15) is 0 Å². The first-order valence-corrected chi connectivity index (χ1v) is 3.81. The smallest absolute Gasteiger partial charge is 0.262 e. The average Bonchev–Trinajstić information content (AvgIpc) is 2.04. The van der Waals surface area contributed by atoms with E-state index < -0.39 is 0 Å². The highest BCUT2D eigenvalue weighted by atomic mass is 16.2. The van der Waals surface area contributed by atoms with Gasteiger partial charge in [-0.05, 0) is 12.1 Å². The molecule has 1 aliphatic heterocycles. The predicted octanol–water partition coefficient (Wildman–Crippen LogP) is 0.163. The lowest BCUT2D eigenvalue weighted by atomic mass is 10.2. The molecule has 0 radical (unpaired) electrons. The number of carbonyl (C=O) groups is 1. The summed E-state index contributed by atoms with van der Waals surface area (Å²) >= 11 is 0. The summed E-state index contributed by atoms with van der Waals surface area (Å²) < 4.78 is 1.76. The molecule has 1 aromatic rings. The van der Waals surface area contributed by atoms with E-state index in [-0.39, 0.29) is 5.91 Å². The molecular formula is C9H9N2O+. The van der Waals surface area contributed by atoms with E-state index in [9.17, 15) is 4.79 Å². The third-order valence-corrected chi connectivity index (χ3v) is 1.69. The van der Waals surface area contributed by atoms with E-state index >= 15 is 0 Å². The molecule has 1 N–H and O–H groups in total. The zero-order chi connectivity index (χ0) is 8.39. The molecule has 0 unspecified atom stereocenters. The minimum absolute atomic E-state index is 0.0715. The highest BCUT2D eigenvalue weighted by Gasteiger charge is 2.26. The largest absolute Gasteiger partial charge is 0.342 e. The van der Waals surface area contributed by atoms with Gasteiger partial charge in [0.15, 0.2) is 0 Å². The summed E-state index contributed by atoms with van der Waals surface area (Å²) in [7, 11) is 0. The maximum atomic E-state index is 10.5. The molecule has 12 heavy (non-hydrogen) atoms. The molecule has 0 atom stereocenters. The van der Waals surface area contributed by atoms with Crippen molar-refractivity contribution in [3.8, 4) is 0 Å². The van der Waals surface area contributed by atoms with Crippen LogP contribution in [0.15, 0.2) is 30.3 Å². The van der Waals surface area contributed by atoms with E-state index in [4.69, 9.17) is 0 Å². The van der Waals surface area contributed by atoms with Crippen molar-refractivity contribution in [1.82, 2.24) is 5.43 Å². The maximum absolute atomic E-state index is 10.5. The number of benzene rings is 1. The van der Waals surface area contributed by atoms with Gasteiger partial charge in [0.05, 0.1) is 0 Å². The molecule has 1 aromatic carbocycles. The summed E-state index contributed by atoms with van der Waals surface area (Å²) in [6.07, 6.45) is 1.90. The van der Waals surface area contributed by atoms with Gasteiger partial charge in [0.2, 0.25) is 6.21 Å². The van der Waals surface area contributed by atoms with Gasteiger partial charge in [-0.25, -0.2) is 0 Å². The van der Waals surface area contributed by atoms with Crippen molar-refractivity contribution >= 4 is 12.1 Å².